The number of thioether (sulfide) groups is 1. The lowest BCUT2D eigenvalue weighted by Gasteiger charge is -2.14. The van der Waals surface area contributed by atoms with Crippen LogP contribution < -0.4 is 0 Å². The summed E-state index contributed by atoms with van der Waals surface area (Å²) < 4.78 is 4.49. The highest BCUT2D eigenvalue weighted by Gasteiger charge is 2.25. The van der Waals surface area contributed by atoms with Crippen molar-refractivity contribution in [2.45, 2.75) is 12.2 Å². The molecule has 0 aliphatic carbocycles. The SMILES string of the molecule is CC1SC(=O)COC1=O. The summed E-state index contributed by atoms with van der Waals surface area (Å²) in [4.78, 5) is 21.0. The van der Waals surface area contributed by atoms with Gasteiger partial charge in [-0.05, 0) is 6.92 Å². The van der Waals surface area contributed by atoms with Crippen molar-refractivity contribution in [3.05, 3.63) is 0 Å². The highest BCUT2D eigenvalue weighted by Crippen LogP contribution is 2.17. The van der Waals surface area contributed by atoms with Gasteiger partial charge < -0.3 is 4.74 Å². The summed E-state index contributed by atoms with van der Waals surface area (Å²) in [5.74, 6) is -0.292. The van der Waals surface area contributed by atoms with E-state index in [2.05, 4.69) is 4.74 Å². The maximum atomic E-state index is 10.5. The molecule has 9 heavy (non-hydrogen) atoms. The molecule has 3 nitrogen and oxygen atoms in total. The minimum atomic E-state index is -0.314. The largest absolute Gasteiger partial charge is 0.456 e. The van der Waals surface area contributed by atoms with E-state index in [4.69, 9.17) is 0 Å². The van der Waals surface area contributed by atoms with Crippen LogP contribution in [-0.4, -0.2) is 22.9 Å². The molecule has 4 heteroatoms. The van der Waals surface area contributed by atoms with Crippen LogP contribution in [0.15, 0.2) is 0 Å². The van der Waals surface area contributed by atoms with Crippen molar-refractivity contribution in [1.82, 2.24) is 0 Å². The van der Waals surface area contributed by atoms with Crippen LogP contribution in [-0.2, 0) is 14.3 Å². The summed E-state index contributed by atoms with van der Waals surface area (Å²) in [7, 11) is 0. The zero-order valence-corrected chi connectivity index (χ0v) is 5.73. The molecule has 0 radical (unpaired) electrons. The van der Waals surface area contributed by atoms with Crippen molar-refractivity contribution in [2.75, 3.05) is 6.61 Å². The van der Waals surface area contributed by atoms with Crippen LogP contribution in [0.2, 0.25) is 0 Å². The van der Waals surface area contributed by atoms with Crippen molar-refractivity contribution >= 4 is 22.8 Å². The molecule has 0 amide bonds. The van der Waals surface area contributed by atoms with E-state index in [1.54, 1.807) is 6.92 Å². The van der Waals surface area contributed by atoms with Crippen molar-refractivity contribution in [2.24, 2.45) is 0 Å². The molecule has 0 spiro atoms. The van der Waals surface area contributed by atoms with Gasteiger partial charge in [0, 0.05) is 0 Å². The van der Waals surface area contributed by atoms with E-state index in [1.807, 2.05) is 0 Å². The number of carbonyl (C=O) groups is 2. The first-order chi connectivity index (χ1) is 4.20. The molecule has 1 aliphatic rings. The second kappa shape index (κ2) is 2.39. The Labute approximate surface area is 56.8 Å². The number of esters is 1. The number of ether oxygens (including phenoxy) is 1. The summed E-state index contributed by atoms with van der Waals surface area (Å²) in [5.41, 5.74) is 0. The molecular formula is C5H6O3S. The third-order valence-corrected chi connectivity index (χ3v) is 1.90. The van der Waals surface area contributed by atoms with Crippen LogP contribution in [0.5, 0.6) is 0 Å². The number of cyclic esters (lactones) is 1. The maximum Gasteiger partial charge on any atom is 0.319 e. The normalized spacial score (nSPS) is 27.9. The van der Waals surface area contributed by atoms with Crippen LogP contribution in [0.3, 0.4) is 0 Å². The smallest absolute Gasteiger partial charge is 0.319 e. The van der Waals surface area contributed by atoms with E-state index in [0.29, 0.717) is 0 Å². The van der Waals surface area contributed by atoms with Gasteiger partial charge in [-0.25, -0.2) is 0 Å². The molecule has 0 N–H and O–H groups in total. The topological polar surface area (TPSA) is 43.4 Å². The quantitative estimate of drug-likeness (QED) is 0.457. The minimum absolute atomic E-state index is 0.0617. The monoisotopic (exact) mass is 146 g/mol. The predicted octanol–water partition coefficient (Wildman–Crippen LogP) is 0.192. The van der Waals surface area contributed by atoms with E-state index >= 15 is 0 Å². The van der Waals surface area contributed by atoms with Gasteiger partial charge in [0.05, 0.1) is 0 Å². The van der Waals surface area contributed by atoms with Gasteiger partial charge in [-0.1, -0.05) is 11.8 Å². The van der Waals surface area contributed by atoms with Gasteiger partial charge in [-0.2, -0.15) is 0 Å². The highest BCUT2D eigenvalue weighted by atomic mass is 32.2. The Morgan fingerprint density at radius 3 is 2.78 bits per heavy atom. The first kappa shape index (κ1) is 6.61. The third kappa shape index (κ3) is 1.45. The number of carbonyl (C=O) groups excluding carboxylic acids is 2. The maximum absolute atomic E-state index is 10.5. The Bertz CT molecular complexity index is 154. The fourth-order valence-corrected chi connectivity index (χ4v) is 1.21. The lowest BCUT2D eigenvalue weighted by atomic mass is 10.5. The van der Waals surface area contributed by atoms with Gasteiger partial charge in [0.1, 0.15) is 5.25 Å². The summed E-state index contributed by atoms with van der Waals surface area (Å²) in [5, 5.41) is -0.381. The lowest BCUT2D eigenvalue weighted by molar-refractivity contribution is -0.146. The van der Waals surface area contributed by atoms with E-state index in [0.717, 1.165) is 11.8 Å². The molecule has 0 bridgehead atoms. The lowest BCUT2D eigenvalue weighted by Crippen LogP contribution is -2.27. The zero-order valence-electron chi connectivity index (χ0n) is 4.92. The van der Waals surface area contributed by atoms with Crippen molar-refractivity contribution in [1.29, 1.82) is 0 Å². The number of hydrogen-bond donors (Lipinski definition) is 0. The Morgan fingerprint density at radius 1 is 1.67 bits per heavy atom. The summed E-state index contributed by atoms with van der Waals surface area (Å²) in [6.07, 6.45) is 0. The number of rotatable bonds is 0. The highest BCUT2D eigenvalue weighted by molar-refractivity contribution is 8.14. The Morgan fingerprint density at radius 2 is 2.33 bits per heavy atom. The van der Waals surface area contributed by atoms with E-state index in [9.17, 15) is 9.59 Å². The van der Waals surface area contributed by atoms with Crippen LogP contribution in [0.4, 0.5) is 0 Å². The molecule has 1 heterocycles. The van der Waals surface area contributed by atoms with Crippen molar-refractivity contribution < 1.29 is 14.3 Å². The second-order valence-electron chi connectivity index (χ2n) is 1.74. The Kier molecular flexibility index (Phi) is 1.75. The van der Waals surface area contributed by atoms with Crippen molar-refractivity contribution in [3.63, 3.8) is 0 Å². The predicted molar refractivity (Wildman–Crippen MR) is 33.0 cm³/mol. The molecule has 1 saturated heterocycles. The van der Waals surface area contributed by atoms with E-state index < -0.39 is 0 Å². The van der Waals surface area contributed by atoms with Crippen LogP contribution in [0.25, 0.3) is 0 Å². The van der Waals surface area contributed by atoms with Gasteiger partial charge >= 0.3 is 5.97 Å². The minimum Gasteiger partial charge on any atom is -0.456 e. The molecule has 1 aliphatic heterocycles. The van der Waals surface area contributed by atoms with Gasteiger partial charge in [-0.15, -0.1) is 0 Å². The van der Waals surface area contributed by atoms with Crippen molar-refractivity contribution in [3.8, 4) is 0 Å². The van der Waals surface area contributed by atoms with Crippen LogP contribution in [0, 0.1) is 0 Å². The Balaban J connectivity index is 2.54. The second-order valence-corrected chi connectivity index (χ2v) is 3.14. The van der Waals surface area contributed by atoms with Gasteiger partial charge in [-0.3, -0.25) is 9.59 Å². The summed E-state index contributed by atoms with van der Waals surface area (Å²) in [6, 6.07) is 0. The average molecular weight is 146 g/mol. The standard InChI is InChI=1S/C5H6O3S/c1-3-5(7)8-2-4(6)9-3/h3H,2H2,1H3. The molecule has 1 fully saturated rings. The molecule has 50 valence electrons. The van der Waals surface area contributed by atoms with Gasteiger partial charge in [0.15, 0.2) is 6.61 Å². The molecule has 1 rings (SSSR count). The molecule has 0 aromatic carbocycles. The first-order valence-corrected chi connectivity index (χ1v) is 3.44. The molecule has 0 saturated carbocycles. The fraction of sp³-hybridized carbons (Fsp3) is 0.600. The van der Waals surface area contributed by atoms with Gasteiger partial charge in [0.2, 0.25) is 5.12 Å². The third-order valence-electron chi connectivity index (χ3n) is 0.972. The molecule has 0 aromatic rings. The molecule has 1 atom stereocenters. The van der Waals surface area contributed by atoms with Crippen LogP contribution >= 0.6 is 11.8 Å². The Hall–Kier alpha value is -0.510. The van der Waals surface area contributed by atoms with E-state index in [-0.39, 0.29) is 22.9 Å². The average Bonchev–Trinajstić information content (AvgIpc) is 1.80. The summed E-state index contributed by atoms with van der Waals surface area (Å²) >= 11 is 1.04. The first-order valence-electron chi connectivity index (χ1n) is 2.56. The zero-order chi connectivity index (χ0) is 6.85. The van der Waals surface area contributed by atoms with E-state index in [1.165, 1.54) is 0 Å². The summed E-state index contributed by atoms with van der Waals surface area (Å²) in [6.45, 7) is 1.60. The fourth-order valence-electron chi connectivity index (χ4n) is 0.527. The molecular weight excluding hydrogens is 140 g/mol. The molecule has 1 unspecified atom stereocenters. The van der Waals surface area contributed by atoms with Gasteiger partial charge in [0.25, 0.3) is 0 Å². The van der Waals surface area contributed by atoms with Crippen LogP contribution in [0.1, 0.15) is 6.92 Å². The molecule has 0 aromatic heterocycles. The number of hydrogen-bond acceptors (Lipinski definition) is 4.